The van der Waals surface area contributed by atoms with Crippen molar-refractivity contribution in [2.45, 2.75) is 18.4 Å². The van der Waals surface area contributed by atoms with E-state index in [0.717, 1.165) is 15.4 Å². The Labute approximate surface area is 141 Å². The summed E-state index contributed by atoms with van der Waals surface area (Å²) in [7, 11) is 0. The van der Waals surface area contributed by atoms with Crippen LogP contribution in [0.2, 0.25) is 0 Å². The third-order valence-electron chi connectivity index (χ3n) is 4.53. The van der Waals surface area contributed by atoms with Gasteiger partial charge in [-0.1, -0.05) is 56.1 Å². The highest BCUT2D eigenvalue weighted by Crippen LogP contribution is 2.50. The minimum Gasteiger partial charge on any atom is -0.378 e. The number of allylic oxidation sites excluding steroid dienone is 2. The fourth-order valence-corrected chi connectivity index (χ4v) is 4.39. The van der Waals surface area contributed by atoms with Gasteiger partial charge in [-0.3, -0.25) is 0 Å². The maximum absolute atomic E-state index is 3.76. The lowest BCUT2D eigenvalue weighted by atomic mass is 9.77. The molecule has 1 heterocycles. The highest BCUT2D eigenvalue weighted by atomic mass is 79.9. The van der Waals surface area contributed by atoms with Crippen molar-refractivity contribution in [3.8, 4) is 0 Å². The number of halogens is 2. The Morgan fingerprint density at radius 3 is 2.71 bits per heavy atom. The lowest BCUT2D eigenvalue weighted by Crippen LogP contribution is -2.29. The van der Waals surface area contributed by atoms with Gasteiger partial charge in [-0.2, -0.15) is 0 Å². The monoisotopic (exact) mass is 403 g/mol. The Morgan fingerprint density at radius 2 is 1.86 bits per heavy atom. The van der Waals surface area contributed by atoms with Crippen molar-refractivity contribution in [3.63, 3.8) is 0 Å². The van der Waals surface area contributed by atoms with Crippen LogP contribution in [0.15, 0.2) is 63.6 Å². The highest BCUT2D eigenvalue weighted by molar-refractivity contribution is 9.10. The van der Waals surface area contributed by atoms with Crippen molar-refractivity contribution in [1.82, 2.24) is 0 Å². The zero-order chi connectivity index (χ0) is 14.4. The first-order valence-corrected chi connectivity index (χ1v) is 8.79. The molecule has 3 atom stereocenters. The molecule has 0 radical (unpaired) electrons. The summed E-state index contributed by atoms with van der Waals surface area (Å²) in [6, 6.07) is 15.6. The Balaban J connectivity index is 1.80. The van der Waals surface area contributed by atoms with Crippen molar-refractivity contribution in [1.29, 1.82) is 0 Å². The van der Waals surface area contributed by atoms with Crippen LogP contribution >= 0.6 is 31.9 Å². The molecule has 106 valence electrons. The zero-order valence-corrected chi connectivity index (χ0v) is 14.6. The molecule has 1 nitrogen and oxygen atoms in total. The van der Waals surface area contributed by atoms with Gasteiger partial charge in [-0.25, -0.2) is 0 Å². The second-order valence-electron chi connectivity index (χ2n) is 5.76. The van der Waals surface area contributed by atoms with Crippen LogP contribution in [-0.4, -0.2) is 0 Å². The molecule has 0 spiro atoms. The standard InChI is InChI=1S/C18H15Br2N/c19-12-4-1-3-11(9-12)18-15-6-2-5-14(15)16-10-13(20)7-8-17(16)21-18/h1-5,7-10,14-15,18,21H,6H2/t14-,15+,18+/m1/s1. The molecule has 4 rings (SSSR count). The maximum Gasteiger partial charge on any atom is 0.0554 e. The van der Waals surface area contributed by atoms with Crippen LogP contribution in [0.3, 0.4) is 0 Å². The number of anilines is 1. The van der Waals surface area contributed by atoms with Crippen LogP contribution in [-0.2, 0) is 0 Å². The molecular weight excluding hydrogens is 390 g/mol. The van der Waals surface area contributed by atoms with Gasteiger partial charge in [0.2, 0.25) is 0 Å². The first kappa shape index (κ1) is 13.6. The van der Waals surface area contributed by atoms with E-state index < -0.39 is 0 Å². The van der Waals surface area contributed by atoms with Gasteiger partial charge >= 0.3 is 0 Å². The molecule has 0 bridgehead atoms. The Kier molecular flexibility index (Phi) is 3.43. The van der Waals surface area contributed by atoms with Crippen molar-refractivity contribution in [3.05, 3.63) is 74.7 Å². The number of benzene rings is 2. The molecule has 0 aromatic heterocycles. The smallest absolute Gasteiger partial charge is 0.0554 e. The van der Waals surface area contributed by atoms with Crippen LogP contribution in [0.1, 0.15) is 29.5 Å². The largest absolute Gasteiger partial charge is 0.378 e. The van der Waals surface area contributed by atoms with Crippen molar-refractivity contribution < 1.29 is 0 Å². The van der Waals surface area contributed by atoms with E-state index in [1.807, 2.05) is 0 Å². The second kappa shape index (κ2) is 5.29. The molecule has 0 fully saturated rings. The predicted octanol–water partition coefficient (Wildman–Crippen LogP) is 6.04. The topological polar surface area (TPSA) is 12.0 Å². The van der Waals surface area contributed by atoms with Gasteiger partial charge in [0.05, 0.1) is 6.04 Å². The molecule has 1 N–H and O–H groups in total. The van der Waals surface area contributed by atoms with E-state index in [-0.39, 0.29) is 0 Å². The molecule has 2 aromatic carbocycles. The van der Waals surface area contributed by atoms with Crippen LogP contribution in [0, 0.1) is 5.92 Å². The molecule has 1 aliphatic heterocycles. The zero-order valence-electron chi connectivity index (χ0n) is 11.4. The number of nitrogens with one attached hydrogen (secondary N) is 1. The van der Waals surface area contributed by atoms with Gasteiger partial charge in [0.25, 0.3) is 0 Å². The predicted molar refractivity (Wildman–Crippen MR) is 94.6 cm³/mol. The first-order chi connectivity index (χ1) is 10.2. The third kappa shape index (κ3) is 2.36. The quantitative estimate of drug-likeness (QED) is 0.571. The van der Waals surface area contributed by atoms with E-state index in [2.05, 4.69) is 91.8 Å². The molecule has 2 aliphatic rings. The lowest BCUT2D eigenvalue weighted by molar-refractivity contribution is 0.425. The molecule has 3 heteroatoms. The summed E-state index contributed by atoms with van der Waals surface area (Å²) in [5, 5.41) is 3.76. The number of fused-ring (bicyclic) bond motifs is 3. The highest BCUT2D eigenvalue weighted by Gasteiger charge is 2.37. The molecular formula is C18H15Br2N. The van der Waals surface area contributed by atoms with E-state index >= 15 is 0 Å². The number of hydrogen-bond donors (Lipinski definition) is 1. The summed E-state index contributed by atoms with van der Waals surface area (Å²) in [6.45, 7) is 0. The van der Waals surface area contributed by atoms with E-state index in [1.54, 1.807) is 0 Å². The van der Waals surface area contributed by atoms with Crippen molar-refractivity contribution in [2.75, 3.05) is 5.32 Å². The summed E-state index contributed by atoms with van der Waals surface area (Å²) in [5.41, 5.74) is 4.03. The average molecular weight is 405 g/mol. The first-order valence-electron chi connectivity index (χ1n) is 7.20. The Bertz CT molecular complexity index is 723. The normalized spacial score (nSPS) is 26.1. The van der Waals surface area contributed by atoms with Crippen LogP contribution in [0.5, 0.6) is 0 Å². The fraction of sp³-hybridized carbons (Fsp3) is 0.222. The van der Waals surface area contributed by atoms with Crippen molar-refractivity contribution >= 4 is 37.5 Å². The summed E-state index contributed by atoms with van der Waals surface area (Å²) >= 11 is 7.19. The fourth-order valence-electron chi connectivity index (χ4n) is 3.60. The molecule has 0 unspecified atom stereocenters. The second-order valence-corrected chi connectivity index (χ2v) is 7.59. The average Bonchev–Trinajstić information content (AvgIpc) is 2.96. The van der Waals surface area contributed by atoms with E-state index in [9.17, 15) is 0 Å². The summed E-state index contributed by atoms with van der Waals surface area (Å²) in [5.74, 6) is 1.11. The molecule has 0 amide bonds. The molecule has 21 heavy (non-hydrogen) atoms. The SMILES string of the molecule is Brc1cccc([C@@H]2Nc3ccc(Br)cc3[C@@H]3C=CC[C@@H]32)c1. The minimum atomic E-state index is 0.371. The van der Waals surface area contributed by atoms with Gasteiger partial charge in [0, 0.05) is 20.6 Å². The van der Waals surface area contributed by atoms with Gasteiger partial charge in [-0.15, -0.1) is 0 Å². The Hall–Kier alpha value is -1.06. The van der Waals surface area contributed by atoms with Crippen LogP contribution in [0.4, 0.5) is 5.69 Å². The lowest BCUT2D eigenvalue weighted by Gasteiger charge is -2.37. The van der Waals surface area contributed by atoms with Gasteiger partial charge < -0.3 is 5.32 Å². The number of hydrogen-bond acceptors (Lipinski definition) is 1. The molecule has 1 aliphatic carbocycles. The number of rotatable bonds is 1. The van der Waals surface area contributed by atoms with Crippen LogP contribution in [0.25, 0.3) is 0 Å². The summed E-state index contributed by atoms with van der Waals surface area (Å²) in [6.07, 6.45) is 5.85. The van der Waals surface area contributed by atoms with Gasteiger partial charge in [0.1, 0.15) is 0 Å². The van der Waals surface area contributed by atoms with Crippen LogP contribution < -0.4 is 5.32 Å². The summed E-state index contributed by atoms with van der Waals surface area (Å²) in [4.78, 5) is 0. The van der Waals surface area contributed by atoms with E-state index in [0.29, 0.717) is 17.9 Å². The summed E-state index contributed by atoms with van der Waals surface area (Å²) < 4.78 is 2.30. The molecule has 2 aromatic rings. The third-order valence-corrected chi connectivity index (χ3v) is 5.52. The van der Waals surface area contributed by atoms with Gasteiger partial charge in [0.15, 0.2) is 0 Å². The van der Waals surface area contributed by atoms with Gasteiger partial charge in [-0.05, 0) is 53.8 Å². The maximum atomic E-state index is 3.76. The minimum absolute atomic E-state index is 0.371. The molecule has 0 saturated heterocycles. The van der Waals surface area contributed by atoms with Crippen molar-refractivity contribution in [2.24, 2.45) is 5.92 Å². The molecule has 0 saturated carbocycles. The van der Waals surface area contributed by atoms with E-state index in [4.69, 9.17) is 0 Å². The van der Waals surface area contributed by atoms with E-state index in [1.165, 1.54) is 16.8 Å². The Morgan fingerprint density at radius 1 is 1.00 bits per heavy atom.